The predicted octanol–water partition coefficient (Wildman–Crippen LogP) is 3.52. The zero-order valence-corrected chi connectivity index (χ0v) is 15.5. The molecular formula is C20H27ClN2O2. The molecule has 0 atom stereocenters. The summed E-state index contributed by atoms with van der Waals surface area (Å²) in [7, 11) is 0. The van der Waals surface area contributed by atoms with Crippen LogP contribution in [0.25, 0.3) is 0 Å². The molecule has 1 aromatic carbocycles. The zero-order valence-electron chi connectivity index (χ0n) is 14.8. The average Bonchev–Trinajstić information content (AvgIpc) is 2.90. The molecule has 0 aromatic heterocycles. The van der Waals surface area contributed by atoms with Gasteiger partial charge in [0.1, 0.15) is 0 Å². The van der Waals surface area contributed by atoms with E-state index >= 15 is 0 Å². The van der Waals surface area contributed by atoms with Crippen molar-refractivity contribution < 1.29 is 9.59 Å². The molecule has 1 heterocycles. The van der Waals surface area contributed by atoms with E-state index in [0.29, 0.717) is 30.4 Å². The smallest absolute Gasteiger partial charge is 0.227 e. The number of rotatable bonds is 3. The molecule has 3 rings (SSSR count). The molecule has 4 nitrogen and oxygen atoms in total. The fourth-order valence-corrected chi connectivity index (χ4v) is 4.11. The highest BCUT2D eigenvalue weighted by atomic mass is 35.5. The number of hydrogen-bond donors (Lipinski definition) is 0. The highest BCUT2D eigenvalue weighted by Gasteiger charge is 2.28. The Morgan fingerprint density at radius 3 is 2.36 bits per heavy atom. The Balaban J connectivity index is 1.55. The third-order valence-corrected chi connectivity index (χ3v) is 5.78. The number of benzene rings is 1. The average molecular weight is 363 g/mol. The summed E-state index contributed by atoms with van der Waals surface area (Å²) in [5.41, 5.74) is 0.869. The molecule has 0 unspecified atom stereocenters. The van der Waals surface area contributed by atoms with E-state index in [4.69, 9.17) is 11.6 Å². The summed E-state index contributed by atoms with van der Waals surface area (Å²) in [6, 6.07) is 7.49. The molecule has 0 N–H and O–H groups in total. The van der Waals surface area contributed by atoms with E-state index in [0.717, 1.165) is 37.9 Å². The van der Waals surface area contributed by atoms with Crippen LogP contribution in [0.1, 0.15) is 44.1 Å². The van der Waals surface area contributed by atoms with Crippen LogP contribution in [0.5, 0.6) is 0 Å². The molecule has 2 aliphatic rings. The van der Waals surface area contributed by atoms with Crippen molar-refractivity contribution in [2.45, 2.75) is 44.9 Å². The Bertz CT molecular complexity index is 613. The van der Waals surface area contributed by atoms with Crippen molar-refractivity contribution in [3.8, 4) is 0 Å². The number of nitrogens with zero attached hydrogens (tertiary/aromatic N) is 2. The first kappa shape index (κ1) is 18.2. The second-order valence-electron chi connectivity index (χ2n) is 7.16. The molecule has 1 aliphatic heterocycles. The minimum atomic E-state index is 0.0973. The Hall–Kier alpha value is -1.55. The van der Waals surface area contributed by atoms with E-state index in [1.54, 1.807) is 0 Å². The van der Waals surface area contributed by atoms with Gasteiger partial charge in [-0.3, -0.25) is 9.59 Å². The number of carbonyl (C=O) groups excluding carboxylic acids is 2. The molecule has 0 bridgehead atoms. The van der Waals surface area contributed by atoms with Gasteiger partial charge in [-0.25, -0.2) is 0 Å². The Morgan fingerprint density at radius 2 is 1.60 bits per heavy atom. The maximum absolute atomic E-state index is 12.7. The minimum Gasteiger partial charge on any atom is -0.341 e. The third kappa shape index (κ3) is 4.75. The summed E-state index contributed by atoms with van der Waals surface area (Å²) in [5.74, 6) is 0.610. The summed E-state index contributed by atoms with van der Waals surface area (Å²) in [4.78, 5) is 29.2. The maximum atomic E-state index is 12.7. The molecule has 0 spiro atoms. The highest BCUT2D eigenvalue weighted by molar-refractivity contribution is 6.31. The van der Waals surface area contributed by atoms with Gasteiger partial charge in [0.2, 0.25) is 11.8 Å². The summed E-state index contributed by atoms with van der Waals surface area (Å²) >= 11 is 6.17. The lowest BCUT2D eigenvalue weighted by Crippen LogP contribution is -2.40. The van der Waals surface area contributed by atoms with Gasteiger partial charge in [0.05, 0.1) is 6.42 Å². The van der Waals surface area contributed by atoms with Gasteiger partial charge in [0.15, 0.2) is 0 Å². The topological polar surface area (TPSA) is 40.6 Å². The van der Waals surface area contributed by atoms with Gasteiger partial charge in [-0.05, 0) is 30.9 Å². The fourth-order valence-electron chi connectivity index (χ4n) is 3.91. The second-order valence-corrected chi connectivity index (χ2v) is 7.57. The van der Waals surface area contributed by atoms with Gasteiger partial charge in [0.25, 0.3) is 0 Å². The number of carbonyl (C=O) groups is 2. The lowest BCUT2D eigenvalue weighted by Gasteiger charge is -2.28. The SMILES string of the molecule is O=C(Cc1ccccc1Cl)N1CCCN(C(=O)C2CCCCC2)CC1. The van der Waals surface area contributed by atoms with Crippen molar-refractivity contribution in [2.24, 2.45) is 5.92 Å². The number of hydrogen-bond acceptors (Lipinski definition) is 2. The predicted molar refractivity (Wildman–Crippen MR) is 99.5 cm³/mol. The fraction of sp³-hybridized carbons (Fsp3) is 0.600. The standard InChI is InChI=1S/C20H27ClN2O2/c21-18-10-5-4-9-17(18)15-19(24)22-11-6-12-23(14-13-22)20(25)16-7-2-1-3-8-16/h4-5,9-10,16H,1-3,6-8,11-15H2. The van der Waals surface area contributed by atoms with Crippen LogP contribution in [-0.2, 0) is 16.0 Å². The van der Waals surface area contributed by atoms with Gasteiger partial charge >= 0.3 is 0 Å². The van der Waals surface area contributed by atoms with Crippen LogP contribution >= 0.6 is 11.6 Å². The van der Waals surface area contributed by atoms with Gasteiger partial charge in [0, 0.05) is 37.1 Å². The summed E-state index contributed by atoms with van der Waals surface area (Å²) in [5, 5.41) is 0.639. The van der Waals surface area contributed by atoms with Crippen molar-refractivity contribution in [3.63, 3.8) is 0 Å². The normalized spacial score (nSPS) is 19.6. The Kier molecular flexibility index (Phi) is 6.35. The van der Waals surface area contributed by atoms with Crippen molar-refractivity contribution in [2.75, 3.05) is 26.2 Å². The molecular weight excluding hydrogens is 336 g/mol. The molecule has 2 amide bonds. The first-order valence-electron chi connectivity index (χ1n) is 9.45. The van der Waals surface area contributed by atoms with Crippen LogP contribution in [0.3, 0.4) is 0 Å². The van der Waals surface area contributed by atoms with Crippen LogP contribution in [0.4, 0.5) is 0 Å². The van der Waals surface area contributed by atoms with E-state index in [1.807, 2.05) is 34.1 Å². The van der Waals surface area contributed by atoms with E-state index < -0.39 is 0 Å². The third-order valence-electron chi connectivity index (χ3n) is 5.41. The van der Waals surface area contributed by atoms with E-state index in [-0.39, 0.29) is 11.8 Å². The van der Waals surface area contributed by atoms with Crippen LogP contribution in [-0.4, -0.2) is 47.8 Å². The van der Waals surface area contributed by atoms with Crippen LogP contribution < -0.4 is 0 Å². The van der Waals surface area contributed by atoms with Crippen LogP contribution in [0.15, 0.2) is 24.3 Å². The highest BCUT2D eigenvalue weighted by Crippen LogP contribution is 2.26. The van der Waals surface area contributed by atoms with Crippen LogP contribution in [0.2, 0.25) is 5.02 Å². The molecule has 2 fully saturated rings. The van der Waals surface area contributed by atoms with Crippen molar-refractivity contribution in [1.29, 1.82) is 0 Å². The molecule has 1 aliphatic carbocycles. The maximum Gasteiger partial charge on any atom is 0.227 e. The van der Waals surface area contributed by atoms with Gasteiger partial charge in [-0.1, -0.05) is 49.1 Å². The Morgan fingerprint density at radius 1 is 0.920 bits per heavy atom. The zero-order chi connectivity index (χ0) is 17.6. The van der Waals surface area contributed by atoms with Gasteiger partial charge in [-0.15, -0.1) is 0 Å². The lowest BCUT2D eigenvalue weighted by atomic mass is 9.88. The lowest BCUT2D eigenvalue weighted by molar-refractivity contribution is -0.137. The van der Waals surface area contributed by atoms with E-state index in [9.17, 15) is 9.59 Å². The number of halogens is 1. The van der Waals surface area contributed by atoms with Crippen molar-refractivity contribution >= 4 is 23.4 Å². The molecule has 0 radical (unpaired) electrons. The number of amides is 2. The molecule has 1 saturated heterocycles. The summed E-state index contributed by atoms with van der Waals surface area (Å²) in [6.45, 7) is 2.77. The van der Waals surface area contributed by atoms with E-state index in [2.05, 4.69) is 0 Å². The molecule has 25 heavy (non-hydrogen) atoms. The molecule has 5 heteroatoms. The first-order chi connectivity index (χ1) is 12.1. The summed E-state index contributed by atoms with van der Waals surface area (Å²) < 4.78 is 0. The Labute approximate surface area is 155 Å². The molecule has 1 aromatic rings. The first-order valence-corrected chi connectivity index (χ1v) is 9.83. The monoisotopic (exact) mass is 362 g/mol. The molecule has 1 saturated carbocycles. The van der Waals surface area contributed by atoms with Gasteiger partial charge < -0.3 is 9.80 Å². The largest absolute Gasteiger partial charge is 0.341 e. The van der Waals surface area contributed by atoms with E-state index in [1.165, 1.54) is 19.3 Å². The second kappa shape index (κ2) is 8.70. The van der Waals surface area contributed by atoms with Gasteiger partial charge in [-0.2, -0.15) is 0 Å². The van der Waals surface area contributed by atoms with Crippen molar-refractivity contribution in [1.82, 2.24) is 9.80 Å². The van der Waals surface area contributed by atoms with Crippen LogP contribution in [0, 0.1) is 5.92 Å². The summed E-state index contributed by atoms with van der Waals surface area (Å²) in [6.07, 6.45) is 6.85. The van der Waals surface area contributed by atoms with Crippen molar-refractivity contribution in [3.05, 3.63) is 34.9 Å². The quantitative estimate of drug-likeness (QED) is 0.825. The minimum absolute atomic E-state index is 0.0973. The molecule has 136 valence electrons.